The van der Waals surface area contributed by atoms with E-state index >= 15 is 0 Å². The molecule has 122 valence electrons. The number of aliphatic imine (C=N–C) groups is 1. The number of rotatable bonds is 6. The van der Waals surface area contributed by atoms with E-state index < -0.39 is 0 Å². The van der Waals surface area contributed by atoms with Crippen molar-refractivity contribution in [2.24, 2.45) is 4.99 Å². The third kappa shape index (κ3) is 5.29. The van der Waals surface area contributed by atoms with E-state index in [9.17, 15) is 4.39 Å². The van der Waals surface area contributed by atoms with Crippen LogP contribution in [0.4, 0.5) is 4.39 Å². The Bertz CT molecular complexity index is 658. The van der Waals surface area contributed by atoms with Gasteiger partial charge in [-0.2, -0.15) is 0 Å². The normalized spacial score (nSPS) is 11.2. The Kier molecular flexibility index (Phi) is 6.41. The Labute approximate surface area is 136 Å². The Morgan fingerprint density at radius 2 is 1.87 bits per heavy atom. The van der Waals surface area contributed by atoms with Crippen LogP contribution in [-0.2, 0) is 13.1 Å². The number of nitrogens with one attached hydrogen (secondary N) is 2. The summed E-state index contributed by atoms with van der Waals surface area (Å²) in [6, 6.07) is 14.4. The van der Waals surface area contributed by atoms with E-state index in [1.807, 2.05) is 37.3 Å². The van der Waals surface area contributed by atoms with Crippen molar-refractivity contribution in [3.8, 4) is 5.75 Å². The zero-order chi connectivity index (χ0) is 16.5. The molecule has 23 heavy (non-hydrogen) atoms. The van der Waals surface area contributed by atoms with Crippen LogP contribution in [0.1, 0.15) is 18.1 Å². The van der Waals surface area contributed by atoms with Crippen LogP contribution in [0.25, 0.3) is 0 Å². The third-order valence-electron chi connectivity index (χ3n) is 3.29. The van der Waals surface area contributed by atoms with Gasteiger partial charge >= 0.3 is 0 Å². The summed E-state index contributed by atoms with van der Waals surface area (Å²) in [4.78, 5) is 4.18. The number of guanidine groups is 1. The molecule has 0 unspecified atom stereocenters. The van der Waals surface area contributed by atoms with Gasteiger partial charge in [-0.05, 0) is 30.7 Å². The number of ether oxygens (including phenoxy) is 1. The lowest BCUT2D eigenvalue weighted by Crippen LogP contribution is -2.36. The first-order valence-corrected chi connectivity index (χ1v) is 7.62. The van der Waals surface area contributed by atoms with Crippen molar-refractivity contribution in [1.82, 2.24) is 10.6 Å². The van der Waals surface area contributed by atoms with E-state index in [0.29, 0.717) is 25.7 Å². The topological polar surface area (TPSA) is 45.6 Å². The lowest BCUT2D eigenvalue weighted by molar-refractivity contribution is 0.336. The predicted octanol–water partition coefficient (Wildman–Crippen LogP) is 3.09. The maximum Gasteiger partial charge on any atom is 0.191 e. The monoisotopic (exact) mass is 315 g/mol. The first kappa shape index (κ1) is 16.8. The molecule has 0 saturated carbocycles. The van der Waals surface area contributed by atoms with Gasteiger partial charge in [-0.3, -0.25) is 4.99 Å². The highest BCUT2D eigenvalue weighted by molar-refractivity contribution is 5.79. The zero-order valence-electron chi connectivity index (χ0n) is 13.5. The van der Waals surface area contributed by atoms with Gasteiger partial charge in [0.25, 0.3) is 0 Å². The van der Waals surface area contributed by atoms with Crippen LogP contribution in [0, 0.1) is 5.82 Å². The van der Waals surface area contributed by atoms with E-state index in [-0.39, 0.29) is 5.82 Å². The largest absolute Gasteiger partial charge is 0.494 e. The number of nitrogens with zero attached hydrogens (tertiary/aromatic N) is 1. The molecule has 0 aromatic heterocycles. The highest BCUT2D eigenvalue weighted by Crippen LogP contribution is 2.17. The minimum Gasteiger partial charge on any atom is -0.494 e. The second-order valence-electron chi connectivity index (χ2n) is 4.95. The van der Waals surface area contributed by atoms with Crippen LogP contribution < -0.4 is 15.4 Å². The third-order valence-corrected chi connectivity index (χ3v) is 3.29. The summed E-state index contributed by atoms with van der Waals surface area (Å²) in [5, 5.41) is 6.40. The lowest BCUT2D eigenvalue weighted by Gasteiger charge is -2.14. The van der Waals surface area contributed by atoms with Crippen LogP contribution in [0.15, 0.2) is 53.5 Å². The molecule has 0 spiro atoms. The van der Waals surface area contributed by atoms with Crippen molar-refractivity contribution < 1.29 is 9.13 Å². The maximum absolute atomic E-state index is 13.2. The second-order valence-corrected chi connectivity index (χ2v) is 4.95. The number of benzene rings is 2. The smallest absolute Gasteiger partial charge is 0.191 e. The Morgan fingerprint density at radius 1 is 1.09 bits per heavy atom. The molecule has 5 heteroatoms. The van der Waals surface area contributed by atoms with Gasteiger partial charge in [-0.15, -0.1) is 0 Å². The van der Waals surface area contributed by atoms with Gasteiger partial charge in [0.15, 0.2) is 5.96 Å². The molecule has 0 fully saturated rings. The van der Waals surface area contributed by atoms with Gasteiger partial charge in [-0.1, -0.05) is 30.3 Å². The quantitative estimate of drug-likeness (QED) is 0.636. The molecule has 0 aliphatic rings. The molecule has 0 heterocycles. The molecule has 0 saturated heterocycles. The number of hydrogen-bond donors (Lipinski definition) is 2. The molecule has 0 aliphatic carbocycles. The van der Waals surface area contributed by atoms with Gasteiger partial charge in [-0.25, -0.2) is 4.39 Å². The predicted molar refractivity (Wildman–Crippen MR) is 91.0 cm³/mol. The lowest BCUT2D eigenvalue weighted by atomic mass is 10.2. The van der Waals surface area contributed by atoms with Crippen LogP contribution in [0.5, 0.6) is 5.75 Å². The van der Waals surface area contributed by atoms with Crippen molar-refractivity contribution in [2.75, 3.05) is 13.7 Å². The van der Waals surface area contributed by atoms with E-state index in [2.05, 4.69) is 15.6 Å². The standard InChI is InChI=1S/C18H22FN3O/c1-3-23-17-10-5-4-8-15(17)13-22-18(20-2)21-12-14-7-6-9-16(19)11-14/h4-11H,3,12-13H2,1-2H3,(H2,20,21,22). The molecule has 0 bridgehead atoms. The summed E-state index contributed by atoms with van der Waals surface area (Å²) < 4.78 is 18.8. The Hall–Kier alpha value is -2.56. The molecule has 2 N–H and O–H groups in total. The van der Waals surface area contributed by atoms with E-state index in [4.69, 9.17) is 4.74 Å². The van der Waals surface area contributed by atoms with Crippen molar-refractivity contribution in [3.63, 3.8) is 0 Å². The average Bonchev–Trinajstić information content (AvgIpc) is 2.57. The van der Waals surface area contributed by atoms with Gasteiger partial charge in [0, 0.05) is 25.7 Å². The molecule has 2 aromatic carbocycles. The molecular weight excluding hydrogens is 293 g/mol. The van der Waals surface area contributed by atoms with Crippen LogP contribution >= 0.6 is 0 Å². The van der Waals surface area contributed by atoms with E-state index in [1.165, 1.54) is 12.1 Å². The fraction of sp³-hybridized carbons (Fsp3) is 0.278. The highest BCUT2D eigenvalue weighted by atomic mass is 19.1. The number of hydrogen-bond acceptors (Lipinski definition) is 2. The average molecular weight is 315 g/mol. The fourth-order valence-electron chi connectivity index (χ4n) is 2.18. The molecular formula is C18H22FN3O. The van der Waals surface area contributed by atoms with Crippen LogP contribution in [-0.4, -0.2) is 19.6 Å². The molecule has 0 atom stereocenters. The molecule has 0 radical (unpaired) electrons. The summed E-state index contributed by atoms with van der Waals surface area (Å²) in [6.07, 6.45) is 0. The molecule has 2 aromatic rings. The maximum atomic E-state index is 13.2. The number of halogens is 1. The molecule has 4 nitrogen and oxygen atoms in total. The van der Waals surface area contributed by atoms with Gasteiger partial charge in [0.1, 0.15) is 11.6 Å². The summed E-state index contributed by atoms with van der Waals surface area (Å²) in [5.74, 6) is 1.28. The first-order valence-electron chi connectivity index (χ1n) is 7.62. The first-order chi connectivity index (χ1) is 11.2. The van der Waals surface area contributed by atoms with Gasteiger partial charge in [0.05, 0.1) is 6.61 Å². The van der Waals surface area contributed by atoms with E-state index in [1.54, 1.807) is 13.1 Å². The van der Waals surface area contributed by atoms with Crippen molar-refractivity contribution >= 4 is 5.96 Å². The minimum absolute atomic E-state index is 0.238. The molecule has 0 amide bonds. The fourth-order valence-corrected chi connectivity index (χ4v) is 2.18. The second kappa shape index (κ2) is 8.78. The minimum atomic E-state index is -0.238. The molecule has 2 rings (SSSR count). The summed E-state index contributed by atoms with van der Waals surface area (Å²) >= 11 is 0. The number of para-hydroxylation sites is 1. The van der Waals surface area contributed by atoms with Crippen molar-refractivity contribution in [1.29, 1.82) is 0 Å². The summed E-state index contributed by atoms with van der Waals surface area (Å²) in [5.41, 5.74) is 1.92. The summed E-state index contributed by atoms with van der Waals surface area (Å²) in [6.45, 7) is 3.69. The van der Waals surface area contributed by atoms with E-state index in [0.717, 1.165) is 16.9 Å². The molecule has 0 aliphatic heterocycles. The van der Waals surface area contributed by atoms with Crippen molar-refractivity contribution in [3.05, 3.63) is 65.5 Å². The Morgan fingerprint density at radius 3 is 2.61 bits per heavy atom. The zero-order valence-corrected chi connectivity index (χ0v) is 13.5. The summed E-state index contributed by atoms with van der Waals surface area (Å²) in [7, 11) is 1.70. The van der Waals surface area contributed by atoms with Crippen LogP contribution in [0.3, 0.4) is 0 Å². The Balaban J connectivity index is 1.90. The van der Waals surface area contributed by atoms with Crippen LogP contribution in [0.2, 0.25) is 0 Å². The SMILES string of the molecule is CCOc1ccccc1CNC(=NC)NCc1cccc(F)c1. The van der Waals surface area contributed by atoms with Gasteiger partial charge < -0.3 is 15.4 Å². The highest BCUT2D eigenvalue weighted by Gasteiger charge is 2.04. The van der Waals surface area contributed by atoms with Gasteiger partial charge in [0.2, 0.25) is 0 Å². The van der Waals surface area contributed by atoms with Crippen molar-refractivity contribution in [2.45, 2.75) is 20.0 Å².